The lowest BCUT2D eigenvalue weighted by Crippen LogP contribution is -2.09. The van der Waals surface area contributed by atoms with Crippen molar-refractivity contribution in [2.75, 3.05) is 6.61 Å². The van der Waals surface area contributed by atoms with Crippen LogP contribution in [0.4, 0.5) is 0 Å². The van der Waals surface area contributed by atoms with E-state index >= 15 is 0 Å². The zero-order valence-corrected chi connectivity index (χ0v) is 11.7. The molecule has 6 nitrogen and oxygen atoms in total. The lowest BCUT2D eigenvalue weighted by Gasteiger charge is -2.04. The molecule has 1 aromatic carbocycles. The molecule has 0 aliphatic heterocycles. The van der Waals surface area contributed by atoms with Crippen LogP contribution in [0.5, 0.6) is 5.75 Å². The van der Waals surface area contributed by atoms with E-state index in [-0.39, 0.29) is 10.8 Å². The molecule has 1 N–H and O–H groups in total. The number of aromatic nitrogens is 1. The summed E-state index contributed by atoms with van der Waals surface area (Å²) >= 11 is 6.15. The third-order valence-electron chi connectivity index (χ3n) is 2.87. The zero-order valence-electron chi connectivity index (χ0n) is 10.9. The number of benzene rings is 1. The summed E-state index contributed by atoms with van der Waals surface area (Å²) in [5.41, 5.74) is 0.855. The highest BCUT2D eigenvalue weighted by Crippen LogP contribution is 2.37. The van der Waals surface area contributed by atoms with E-state index in [1.165, 1.54) is 0 Å². The van der Waals surface area contributed by atoms with E-state index in [4.69, 9.17) is 30.4 Å². The van der Waals surface area contributed by atoms with Crippen molar-refractivity contribution < 1.29 is 23.6 Å². The van der Waals surface area contributed by atoms with Gasteiger partial charge in [-0.05, 0) is 31.2 Å². The van der Waals surface area contributed by atoms with Gasteiger partial charge in [0.25, 0.3) is 0 Å². The van der Waals surface area contributed by atoms with E-state index in [1.54, 1.807) is 18.2 Å². The van der Waals surface area contributed by atoms with E-state index in [0.29, 0.717) is 22.4 Å². The maximum atomic E-state index is 10.5. The van der Waals surface area contributed by atoms with Crippen molar-refractivity contribution in [1.82, 2.24) is 5.16 Å². The van der Waals surface area contributed by atoms with Crippen molar-refractivity contribution in [2.45, 2.75) is 6.92 Å². The molecule has 3 aromatic rings. The summed E-state index contributed by atoms with van der Waals surface area (Å²) in [7, 11) is 0. The Morgan fingerprint density at radius 1 is 1.38 bits per heavy atom. The number of rotatable bonds is 4. The number of ether oxygens (including phenoxy) is 1. The number of carboxylic acids is 1. The van der Waals surface area contributed by atoms with E-state index in [2.05, 4.69) is 5.16 Å². The molecule has 0 fully saturated rings. The number of carboxylic acid groups (broad SMARTS) is 1. The van der Waals surface area contributed by atoms with Gasteiger partial charge in [-0.2, -0.15) is 0 Å². The van der Waals surface area contributed by atoms with Crippen LogP contribution in [0.25, 0.3) is 22.4 Å². The van der Waals surface area contributed by atoms with Crippen LogP contribution in [0.2, 0.25) is 5.02 Å². The van der Waals surface area contributed by atoms with Gasteiger partial charge in [-0.1, -0.05) is 16.8 Å². The molecule has 0 amide bonds. The maximum absolute atomic E-state index is 10.5. The van der Waals surface area contributed by atoms with E-state index in [1.807, 2.05) is 13.0 Å². The Morgan fingerprint density at radius 3 is 2.86 bits per heavy atom. The van der Waals surface area contributed by atoms with E-state index < -0.39 is 12.6 Å². The second-order valence-electron chi connectivity index (χ2n) is 4.38. The zero-order chi connectivity index (χ0) is 15.0. The highest BCUT2D eigenvalue weighted by molar-refractivity contribution is 6.36. The molecule has 0 atom stereocenters. The summed E-state index contributed by atoms with van der Waals surface area (Å²) in [6.45, 7) is 1.35. The predicted octanol–water partition coefficient (Wildman–Crippen LogP) is 3.51. The van der Waals surface area contributed by atoms with Crippen LogP contribution in [0.15, 0.2) is 33.2 Å². The van der Waals surface area contributed by atoms with Crippen LogP contribution in [-0.2, 0) is 4.79 Å². The Morgan fingerprint density at radius 2 is 2.19 bits per heavy atom. The molecule has 0 spiro atoms. The number of carbonyl (C=O) groups is 1. The van der Waals surface area contributed by atoms with Gasteiger partial charge in [0.2, 0.25) is 0 Å². The monoisotopic (exact) mass is 307 g/mol. The largest absolute Gasteiger partial charge is 0.480 e. The number of aryl methyl sites for hydroxylation is 1. The molecule has 7 heteroatoms. The first-order chi connectivity index (χ1) is 10.1. The van der Waals surface area contributed by atoms with Crippen molar-refractivity contribution in [2.24, 2.45) is 0 Å². The molecule has 21 heavy (non-hydrogen) atoms. The van der Waals surface area contributed by atoms with Crippen LogP contribution in [0.1, 0.15) is 5.76 Å². The number of fused-ring (bicyclic) bond motifs is 1. The molecule has 0 saturated carbocycles. The number of halogens is 1. The van der Waals surface area contributed by atoms with Crippen molar-refractivity contribution in [3.63, 3.8) is 0 Å². The second kappa shape index (κ2) is 5.14. The van der Waals surface area contributed by atoms with Gasteiger partial charge < -0.3 is 18.8 Å². The first kappa shape index (κ1) is 13.5. The Labute approximate surface area is 123 Å². The van der Waals surface area contributed by atoms with Gasteiger partial charge in [0, 0.05) is 0 Å². The van der Waals surface area contributed by atoms with Gasteiger partial charge in [0.1, 0.15) is 16.5 Å². The summed E-state index contributed by atoms with van der Waals surface area (Å²) in [5, 5.41) is 13.4. The summed E-state index contributed by atoms with van der Waals surface area (Å²) in [4.78, 5) is 10.5. The standard InChI is InChI=1S/C14H10ClNO5/c1-7-2-4-10(20-7)13-8-3-5-9(19-6-11(17)18)12(15)14(8)21-16-13/h2-5H,6H2,1H3,(H,17,18). The number of hydrogen-bond donors (Lipinski definition) is 1. The Bertz CT molecular complexity index is 820. The summed E-state index contributed by atoms with van der Waals surface area (Å²) in [6, 6.07) is 6.88. The highest BCUT2D eigenvalue weighted by atomic mass is 35.5. The first-order valence-electron chi connectivity index (χ1n) is 6.05. The number of hydrogen-bond acceptors (Lipinski definition) is 5. The fraction of sp³-hybridized carbons (Fsp3) is 0.143. The minimum Gasteiger partial charge on any atom is -0.480 e. The SMILES string of the molecule is Cc1ccc(-c2noc3c(Cl)c(OCC(=O)O)ccc23)o1. The number of furan rings is 1. The molecular formula is C14H10ClNO5. The van der Waals surface area contributed by atoms with Gasteiger partial charge in [-0.25, -0.2) is 4.79 Å². The molecule has 0 aliphatic carbocycles. The molecule has 0 unspecified atom stereocenters. The lowest BCUT2D eigenvalue weighted by atomic mass is 10.2. The van der Waals surface area contributed by atoms with E-state index in [0.717, 1.165) is 5.76 Å². The highest BCUT2D eigenvalue weighted by Gasteiger charge is 2.18. The van der Waals surface area contributed by atoms with Gasteiger partial charge in [0.15, 0.2) is 23.6 Å². The molecule has 0 aliphatic rings. The quantitative estimate of drug-likeness (QED) is 0.793. The second-order valence-corrected chi connectivity index (χ2v) is 4.76. The lowest BCUT2D eigenvalue weighted by molar-refractivity contribution is -0.139. The van der Waals surface area contributed by atoms with Gasteiger partial charge in [-0.3, -0.25) is 0 Å². The Hall–Kier alpha value is -2.47. The Kier molecular flexibility index (Phi) is 3.31. The summed E-state index contributed by atoms with van der Waals surface area (Å²) < 4.78 is 15.8. The molecule has 0 radical (unpaired) electrons. The van der Waals surface area contributed by atoms with Crippen LogP contribution in [0, 0.1) is 6.92 Å². The van der Waals surface area contributed by atoms with Gasteiger partial charge in [0.05, 0.1) is 5.39 Å². The van der Waals surface area contributed by atoms with Crippen LogP contribution < -0.4 is 4.74 Å². The van der Waals surface area contributed by atoms with Crippen molar-refractivity contribution in [1.29, 1.82) is 0 Å². The minimum atomic E-state index is -1.09. The fourth-order valence-electron chi connectivity index (χ4n) is 1.94. The normalized spacial score (nSPS) is 11.0. The van der Waals surface area contributed by atoms with Crippen molar-refractivity contribution in [3.05, 3.63) is 35.0 Å². The van der Waals surface area contributed by atoms with Crippen LogP contribution in [0.3, 0.4) is 0 Å². The first-order valence-corrected chi connectivity index (χ1v) is 6.43. The average molecular weight is 308 g/mol. The predicted molar refractivity (Wildman–Crippen MR) is 74.6 cm³/mol. The number of nitrogens with zero attached hydrogens (tertiary/aromatic N) is 1. The summed E-state index contributed by atoms with van der Waals surface area (Å²) in [5.74, 6) is 0.468. The molecule has 0 saturated heterocycles. The third-order valence-corrected chi connectivity index (χ3v) is 3.23. The van der Waals surface area contributed by atoms with Crippen molar-refractivity contribution >= 4 is 28.5 Å². The number of aliphatic carboxylic acids is 1. The van der Waals surface area contributed by atoms with Crippen LogP contribution in [-0.4, -0.2) is 22.8 Å². The molecule has 108 valence electrons. The minimum absolute atomic E-state index is 0.177. The molecule has 2 heterocycles. The van der Waals surface area contributed by atoms with Crippen LogP contribution >= 0.6 is 11.6 Å². The maximum Gasteiger partial charge on any atom is 0.341 e. The Balaban J connectivity index is 2.04. The topological polar surface area (TPSA) is 85.7 Å². The average Bonchev–Trinajstić information content (AvgIpc) is 3.04. The molecule has 0 bridgehead atoms. The van der Waals surface area contributed by atoms with E-state index in [9.17, 15) is 4.79 Å². The van der Waals surface area contributed by atoms with Gasteiger partial charge >= 0.3 is 5.97 Å². The van der Waals surface area contributed by atoms with Crippen molar-refractivity contribution in [3.8, 4) is 17.2 Å². The summed E-state index contributed by atoms with van der Waals surface area (Å²) in [6.07, 6.45) is 0. The third kappa shape index (κ3) is 2.45. The smallest absolute Gasteiger partial charge is 0.341 e. The molecule has 2 aromatic heterocycles. The fourth-order valence-corrected chi connectivity index (χ4v) is 2.20. The van der Waals surface area contributed by atoms with Gasteiger partial charge in [-0.15, -0.1) is 0 Å². The molecular weight excluding hydrogens is 298 g/mol. The molecule has 3 rings (SSSR count).